The van der Waals surface area contributed by atoms with Crippen LogP contribution in [0.2, 0.25) is 5.15 Å². The van der Waals surface area contributed by atoms with Crippen molar-refractivity contribution in [1.29, 1.82) is 0 Å². The Kier molecular flexibility index (Phi) is 4.07. The lowest BCUT2D eigenvalue weighted by Crippen LogP contribution is -2.43. The maximum absolute atomic E-state index is 6.00. The van der Waals surface area contributed by atoms with Crippen molar-refractivity contribution in [2.45, 2.75) is 32.4 Å². The van der Waals surface area contributed by atoms with Crippen molar-refractivity contribution in [3.63, 3.8) is 0 Å². The molecule has 0 aromatic carbocycles. The van der Waals surface area contributed by atoms with Gasteiger partial charge in [-0.2, -0.15) is 0 Å². The number of nitrogens with zero attached hydrogens (tertiary/aromatic N) is 3. The second-order valence-electron chi connectivity index (χ2n) is 5.01. The van der Waals surface area contributed by atoms with Crippen LogP contribution in [0.25, 0.3) is 0 Å². The second-order valence-corrected chi connectivity index (χ2v) is 5.40. The maximum Gasteiger partial charge on any atom is 0.128 e. The average Bonchev–Trinajstić information content (AvgIpc) is 2.64. The van der Waals surface area contributed by atoms with Crippen LogP contribution in [0.15, 0.2) is 6.20 Å². The van der Waals surface area contributed by atoms with E-state index in [1.807, 2.05) is 11.6 Å². The smallest absolute Gasteiger partial charge is 0.128 e. The van der Waals surface area contributed by atoms with Crippen LogP contribution in [0.3, 0.4) is 0 Å². The summed E-state index contributed by atoms with van der Waals surface area (Å²) in [6.45, 7) is 4.99. The van der Waals surface area contributed by atoms with Gasteiger partial charge in [0, 0.05) is 19.6 Å². The topological polar surface area (TPSA) is 47.1 Å². The lowest BCUT2D eigenvalue weighted by molar-refractivity contribution is 0.109. The third kappa shape index (κ3) is 2.81. The minimum absolute atomic E-state index is 0.605. The van der Waals surface area contributed by atoms with Gasteiger partial charge in [0.1, 0.15) is 11.0 Å². The summed E-state index contributed by atoms with van der Waals surface area (Å²) in [5.41, 5.74) is 5.77. The second kappa shape index (κ2) is 5.38. The molecule has 2 heterocycles. The zero-order chi connectivity index (χ0) is 12.4. The van der Waals surface area contributed by atoms with Crippen molar-refractivity contribution >= 4 is 11.6 Å². The molecule has 0 bridgehead atoms. The SMILES string of the molecule is CC1CCC(CN)CN1Cc1ncc(Cl)n1C. The summed E-state index contributed by atoms with van der Waals surface area (Å²) in [4.78, 5) is 6.81. The van der Waals surface area contributed by atoms with Gasteiger partial charge in [-0.1, -0.05) is 11.6 Å². The van der Waals surface area contributed by atoms with Crippen molar-refractivity contribution in [3.05, 3.63) is 17.2 Å². The average molecular weight is 257 g/mol. The van der Waals surface area contributed by atoms with Crippen LogP contribution in [0.1, 0.15) is 25.6 Å². The largest absolute Gasteiger partial charge is 0.330 e. The van der Waals surface area contributed by atoms with Crippen LogP contribution in [0, 0.1) is 5.92 Å². The zero-order valence-electron chi connectivity index (χ0n) is 10.6. The molecule has 5 heteroatoms. The Hall–Kier alpha value is -0.580. The quantitative estimate of drug-likeness (QED) is 0.894. The molecular weight excluding hydrogens is 236 g/mol. The summed E-state index contributed by atoms with van der Waals surface area (Å²) in [6.07, 6.45) is 4.18. The van der Waals surface area contributed by atoms with Crippen LogP contribution in [0.5, 0.6) is 0 Å². The van der Waals surface area contributed by atoms with Gasteiger partial charge < -0.3 is 10.3 Å². The number of rotatable bonds is 3. The van der Waals surface area contributed by atoms with E-state index in [9.17, 15) is 0 Å². The van der Waals surface area contributed by atoms with E-state index < -0.39 is 0 Å². The first-order chi connectivity index (χ1) is 8.11. The number of piperidine rings is 1. The van der Waals surface area contributed by atoms with Crippen LogP contribution in [-0.2, 0) is 13.6 Å². The highest BCUT2D eigenvalue weighted by atomic mass is 35.5. The van der Waals surface area contributed by atoms with E-state index >= 15 is 0 Å². The Labute approximate surface area is 108 Å². The molecule has 4 nitrogen and oxygen atoms in total. The normalized spacial score (nSPS) is 26.4. The van der Waals surface area contributed by atoms with E-state index in [0.717, 1.165) is 25.5 Å². The number of aromatic nitrogens is 2. The molecule has 1 aliphatic heterocycles. The fourth-order valence-corrected chi connectivity index (χ4v) is 2.57. The van der Waals surface area contributed by atoms with Gasteiger partial charge in [-0.25, -0.2) is 4.98 Å². The first kappa shape index (κ1) is 12.9. The molecule has 2 N–H and O–H groups in total. The van der Waals surface area contributed by atoms with Crippen molar-refractivity contribution in [1.82, 2.24) is 14.5 Å². The first-order valence-electron chi connectivity index (χ1n) is 6.22. The molecule has 0 spiro atoms. The van der Waals surface area contributed by atoms with E-state index in [-0.39, 0.29) is 0 Å². The third-order valence-corrected chi connectivity index (χ3v) is 4.17. The third-order valence-electron chi connectivity index (χ3n) is 3.81. The Morgan fingerprint density at radius 3 is 2.88 bits per heavy atom. The van der Waals surface area contributed by atoms with E-state index in [1.54, 1.807) is 6.20 Å². The summed E-state index contributed by atoms with van der Waals surface area (Å²) in [6, 6.07) is 0.605. The molecule has 1 aromatic heterocycles. The molecule has 0 radical (unpaired) electrons. The summed E-state index contributed by atoms with van der Waals surface area (Å²) >= 11 is 6.00. The zero-order valence-corrected chi connectivity index (χ0v) is 11.3. The molecule has 1 aliphatic rings. The highest BCUT2D eigenvalue weighted by molar-refractivity contribution is 6.29. The highest BCUT2D eigenvalue weighted by Crippen LogP contribution is 2.23. The molecule has 2 rings (SSSR count). The molecule has 2 unspecified atom stereocenters. The van der Waals surface area contributed by atoms with Gasteiger partial charge in [-0.3, -0.25) is 4.90 Å². The van der Waals surface area contributed by atoms with E-state index in [4.69, 9.17) is 17.3 Å². The fourth-order valence-electron chi connectivity index (χ4n) is 2.43. The number of likely N-dealkylation sites (tertiary alicyclic amines) is 1. The number of imidazole rings is 1. The number of halogens is 1. The molecule has 0 saturated carbocycles. The van der Waals surface area contributed by atoms with Crippen LogP contribution >= 0.6 is 11.6 Å². The summed E-state index contributed by atoms with van der Waals surface area (Å²) in [5, 5.41) is 0.694. The van der Waals surface area contributed by atoms with Crippen LogP contribution in [0.4, 0.5) is 0 Å². The van der Waals surface area contributed by atoms with Crippen molar-refractivity contribution in [2.75, 3.05) is 13.1 Å². The van der Waals surface area contributed by atoms with E-state index in [2.05, 4.69) is 16.8 Å². The maximum atomic E-state index is 6.00. The molecule has 0 amide bonds. The molecule has 17 heavy (non-hydrogen) atoms. The Balaban J connectivity index is 2.04. The molecule has 96 valence electrons. The van der Waals surface area contributed by atoms with Gasteiger partial charge in [0.2, 0.25) is 0 Å². The first-order valence-corrected chi connectivity index (χ1v) is 6.59. The summed E-state index contributed by atoms with van der Waals surface area (Å²) < 4.78 is 1.94. The number of hydrogen-bond donors (Lipinski definition) is 1. The van der Waals surface area contributed by atoms with Gasteiger partial charge in [0.15, 0.2) is 0 Å². The Morgan fingerprint density at radius 2 is 2.29 bits per heavy atom. The monoisotopic (exact) mass is 256 g/mol. The fraction of sp³-hybridized carbons (Fsp3) is 0.750. The predicted octanol–water partition coefficient (Wildman–Crippen LogP) is 1.63. The lowest BCUT2D eigenvalue weighted by Gasteiger charge is -2.37. The summed E-state index contributed by atoms with van der Waals surface area (Å²) in [7, 11) is 1.96. The van der Waals surface area contributed by atoms with Crippen molar-refractivity contribution in [3.8, 4) is 0 Å². The van der Waals surface area contributed by atoms with Gasteiger partial charge >= 0.3 is 0 Å². The van der Waals surface area contributed by atoms with Crippen LogP contribution < -0.4 is 5.73 Å². The minimum atomic E-state index is 0.605. The minimum Gasteiger partial charge on any atom is -0.330 e. The number of nitrogens with two attached hydrogens (primary N) is 1. The van der Waals surface area contributed by atoms with Crippen molar-refractivity contribution < 1.29 is 0 Å². The summed E-state index contributed by atoms with van der Waals surface area (Å²) in [5.74, 6) is 1.65. The molecule has 1 aromatic rings. The van der Waals surface area contributed by atoms with Crippen LogP contribution in [-0.4, -0.2) is 33.6 Å². The predicted molar refractivity (Wildman–Crippen MR) is 69.9 cm³/mol. The molecule has 1 fully saturated rings. The van der Waals surface area contributed by atoms with Gasteiger partial charge in [-0.05, 0) is 32.2 Å². The van der Waals surface area contributed by atoms with Gasteiger partial charge in [-0.15, -0.1) is 0 Å². The highest BCUT2D eigenvalue weighted by Gasteiger charge is 2.25. The Morgan fingerprint density at radius 1 is 1.53 bits per heavy atom. The molecular formula is C12H21ClN4. The molecule has 1 saturated heterocycles. The van der Waals surface area contributed by atoms with E-state index in [0.29, 0.717) is 17.1 Å². The Bertz CT molecular complexity index is 377. The number of hydrogen-bond acceptors (Lipinski definition) is 3. The molecule has 2 atom stereocenters. The van der Waals surface area contributed by atoms with E-state index in [1.165, 1.54) is 12.8 Å². The van der Waals surface area contributed by atoms with Gasteiger partial charge in [0.05, 0.1) is 12.7 Å². The standard InChI is InChI=1S/C12H21ClN4/c1-9-3-4-10(5-14)7-17(9)8-12-15-6-11(13)16(12)2/h6,9-10H,3-5,7-8,14H2,1-2H3. The van der Waals surface area contributed by atoms with Gasteiger partial charge in [0.25, 0.3) is 0 Å². The lowest BCUT2D eigenvalue weighted by atomic mass is 9.93. The molecule has 0 aliphatic carbocycles. The van der Waals surface area contributed by atoms with Crippen molar-refractivity contribution in [2.24, 2.45) is 18.7 Å².